The first kappa shape index (κ1) is 30.1. The van der Waals surface area contributed by atoms with Gasteiger partial charge in [-0.2, -0.15) is 5.10 Å². The van der Waals surface area contributed by atoms with Crippen molar-refractivity contribution < 1.29 is 27.5 Å². The first-order valence-electron chi connectivity index (χ1n) is 12.6. The van der Waals surface area contributed by atoms with Gasteiger partial charge in [0.15, 0.2) is 6.61 Å². The molecule has 0 unspecified atom stereocenters. The predicted molar refractivity (Wildman–Crippen MR) is 162 cm³/mol. The lowest BCUT2D eigenvalue weighted by Gasteiger charge is -2.24. The first-order valence-corrected chi connectivity index (χ1v) is 14.4. The number of sulfonamides is 1. The molecular formula is C30H27ClN4O6S. The number of nitrogens with one attached hydrogen (secondary N) is 2. The van der Waals surface area contributed by atoms with Gasteiger partial charge in [0, 0.05) is 5.69 Å². The van der Waals surface area contributed by atoms with E-state index in [-0.39, 0.29) is 28.1 Å². The third kappa shape index (κ3) is 8.09. The Bertz CT molecular complexity index is 1650. The van der Waals surface area contributed by atoms with Crippen molar-refractivity contribution in [1.29, 1.82) is 0 Å². The Hall–Kier alpha value is -4.87. The average Bonchev–Trinajstić information content (AvgIpc) is 3.00. The van der Waals surface area contributed by atoms with E-state index in [4.69, 9.17) is 21.1 Å². The third-order valence-electron chi connectivity index (χ3n) is 5.75. The Morgan fingerprint density at radius 2 is 1.57 bits per heavy atom. The molecule has 0 aromatic heterocycles. The normalized spacial score (nSPS) is 11.1. The fourth-order valence-electron chi connectivity index (χ4n) is 3.71. The zero-order chi connectivity index (χ0) is 30.0. The molecule has 0 spiro atoms. The molecule has 4 rings (SSSR count). The van der Waals surface area contributed by atoms with E-state index in [1.54, 1.807) is 54.6 Å². The maximum absolute atomic E-state index is 13.4. The van der Waals surface area contributed by atoms with Gasteiger partial charge >= 0.3 is 0 Å². The Kier molecular flexibility index (Phi) is 10.1. The minimum absolute atomic E-state index is 0.00750. The molecule has 4 aromatic carbocycles. The van der Waals surface area contributed by atoms with Gasteiger partial charge in [0.2, 0.25) is 0 Å². The van der Waals surface area contributed by atoms with Crippen LogP contribution in [0.1, 0.15) is 5.56 Å². The van der Waals surface area contributed by atoms with Gasteiger partial charge in [-0.05, 0) is 72.3 Å². The fraction of sp³-hybridized carbons (Fsp3) is 0.100. The van der Waals surface area contributed by atoms with Crippen molar-refractivity contribution in [1.82, 2.24) is 5.43 Å². The Morgan fingerprint density at radius 1 is 0.905 bits per heavy atom. The van der Waals surface area contributed by atoms with Crippen molar-refractivity contribution in [2.45, 2.75) is 4.90 Å². The van der Waals surface area contributed by atoms with Gasteiger partial charge in [-0.1, -0.05) is 48.0 Å². The summed E-state index contributed by atoms with van der Waals surface area (Å²) < 4.78 is 38.5. The summed E-state index contributed by atoms with van der Waals surface area (Å²) in [4.78, 5) is 24.9. The number of carbonyl (C=O) groups excluding carboxylic acids is 2. The molecule has 12 heteroatoms. The summed E-state index contributed by atoms with van der Waals surface area (Å²) in [5.41, 5.74) is 3.84. The van der Waals surface area contributed by atoms with E-state index >= 15 is 0 Å². The van der Waals surface area contributed by atoms with Crippen LogP contribution in [-0.4, -0.2) is 46.7 Å². The summed E-state index contributed by atoms with van der Waals surface area (Å²) in [5.74, 6) is -0.144. The van der Waals surface area contributed by atoms with E-state index in [9.17, 15) is 18.0 Å². The van der Waals surface area contributed by atoms with Crippen LogP contribution in [0.15, 0.2) is 113 Å². The van der Waals surface area contributed by atoms with Gasteiger partial charge in [0.25, 0.3) is 21.8 Å². The first-order chi connectivity index (χ1) is 20.3. The summed E-state index contributed by atoms with van der Waals surface area (Å²) in [6.07, 6.45) is 1.39. The number of hydrazone groups is 1. The lowest BCUT2D eigenvalue weighted by molar-refractivity contribution is -0.119. The largest absolute Gasteiger partial charge is 0.495 e. The summed E-state index contributed by atoms with van der Waals surface area (Å²) in [7, 11) is -2.68. The Balaban J connectivity index is 1.37. The second-order valence-corrected chi connectivity index (χ2v) is 11.0. The average molecular weight is 607 g/mol. The number of rotatable bonds is 12. The topological polar surface area (TPSA) is 126 Å². The molecule has 2 amide bonds. The van der Waals surface area contributed by atoms with Gasteiger partial charge < -0.3 is 14.8 Å². The second-order valence-electron chi connectivity index (χ2n) is 8.71. The molecule has 0 aliphatic carbocycles. The molecule has 0 aliphatic rings. The molecule has 0 aliphatic heterocycles. The fourth-order valence-corrected chi connectivity index (χ4v) is 5.39. The van der Waals surface area contributed by atoms with Gasteiger partial charge in [0.05, 0.1) is 28.9 Å². The summed E-state index contributed by atoms with van der Waals surface area (Å²) in [6.45, 7) is -0.727. The molecule has 0 saturated heterocycles. The number of ether oxygens (including phenoxy) is 2. The number of anilines is 2. The molecule has 10 nitrogen and oxygen atoms in total. The van der Waals surface area contributed by atoms with Crippen LogP contribution in [0.25, 0.3) is 0 Å². The van der Waals surface area contributed by atoms with E-state index in [1.807, 2.05) is 18.2 Å². The molecule has 0 radical (unpaired) electrons. The molecule has 0 bridgehead atoms. The number of hydrogen-bond acceptors (Lipinski definition) is 7. The van der Waals surface area contributed by atoms with E-state index in [0.29, 0.717) is 22.7 Å². The van der Waals surface area contributed by atoms with Gasteiger partial charge in [-0.25, -0.2) is 13.8 Å². The number of carbonyl (C=O) groups is 2. The quantitative estimate of drug-likeness (QED) is 0.178. The predicted octanol–water partition coefficient (Wildman–Crippen LogP) is 4.71. The van der Waals surface area contributed by atoms with Gasteiger partial charge in [-0.3, -0.25) is 13.9 Å². The molecule has 0 atom stereocenters. The van der Waals surface area contributed by atoms with Crippen LogP contribution in [0.4, 0.5) is 11.4 Å². The highest BCUT2D eigenvalue weighted by Crippen LogP contribution is 2.31. The highest BCUT2D eigenvalue weighted by atomic mass is 35.5. The summed E-state index contributed by atoms with van der Waals surface area (Å²) in [6, 6.07) is 27.9. The van der Waals surface area contributed by atoms with Gasteiger partial charge in [0.1, 0.15) is 18.0 Å². The molecular weight excluding hydrogens is 580 g/mol. The maximum Gasteiger partial charge on any atom is 0.264 e. The van der Waals surface area contributed by atoms with Crippen molar-refractivity contribution in [3.05, 3.63) is 114 Å². The number of nitrogens with zero attached hydrogens (tertiary/aromatic N) is 2. The number of benzene rings is 4. The van der Waals surface area contributed by atoms with Crippen LogP contribution in [0.3, 0.4) is 0 Å². The van der Waals surface area contributed by atoms with Crippen LogP contribution in [0, 0.1) is 0 Å². The zero-order valence-electron chi connectivity index (χ0n) is 22.4. The second kappa shape index (κ2) is 14.2. The van der Waals surface area contributed by atoms with Crippen LogP contribution < -0.4 is 24.5 Å². The standard InChI is InChI=1S/C30H27ClN4O6S/c1-40-28-17-14-24(18-27(28)31)35(42(38,39)26-10-6-3-7-11-26)20-29(36)34-32-19-22-12-15-25(16-13-22)41-21-30(37)33-23-8-4-2-5-9-23/h2-19H,20-21H2,1H3,(H,33,37)(H,34,36)/b32-19-. The number of halogens is 1. The van der Waals surface area contributed by atoms with E-state index < -0.39 is 22.5 Å². The van der Waals surface area contributed by atoms with Crippen molar-refractivity contribution in [2.75, 3.05) is 29.9 Å². The number of hydrogen-bond donors (Lipinski definition) is 2. The third-order valence-corrected chi connectivity index (χ3v) is 7.84. The Morgan fingerprint density at radius 3 is 2.21 bits per heavy atom. The van der Waals surface area contributed by atoms with Crippen LogP contribution in [0.2, 0.25) is 5.02 Å². The molecule has 0 saturated carbocycles. The minimum Gasteiger partial charge on any atom is -0.495 e. The van der Waals surface area contributed by atoms with Crippen LogP contribution in [0.5, 0.6) is 11.5 Å². The monoisotopic (exact) mass is 606 g/mol. The Labute approximate surface area is 248 Å². The maximum atomic E-state index is 13.4. The van der Waals surface area contributed by atoms with Gasteiger partial charge in [-0.15, -0.1) is 0 Å². The van der Waals surface area contributed by atoms with Crippen molar-refractivity contribution in [2.24, 2.45) is 5.10 Å². The van der Waals surface area contributed by atoms with Crippen molar-refractivity contribution >= 4 is 51.0 Å². The highest BCUT2D eigenvalue weighted by Gasteiger charge is 2.27. The molecule has 4 aromatic rings. The number of methoxy groups -OCH3 is 1. The molecule has 42 heavy (non-hydrogen) atoms. The smallest absolute Gasteiger partial charge is 0.264 e. The molecule has 0 heterocycles. The van der Waals surface area contributed by atoms with Crippen molar-refractivity contribution in [3.63, 3.8) is 0 Å². The lowest BCUT2D eigenvalue weighted by atomic mass is 10.2. The van der Waals surface area contributed by atoms with Crippen LogP contribution >= 0.6 is 11.6 Å². The zero-order valence-corrected chi connectivity index (χ0v) is 24.0. The van der Waals surface area contributed by atoms with Crippen molar-refractivity contribution in [3.8, 4) is 11.5 Å². The summed E-state index contributed by atoms with van der Waals surface area (Å²) >= 11 is 6.24. The highest BCUT2D eigenvalue weighted by molar-refractivity contribution is 7.92. The number of amides is 2. The van der Waals surface area contributed by atoms with E-state index in [2.05, 4.69) is 15.8 Å². The van der Waals surface area contributed by atoms with E-state index in [0.717, 1.165) is 4.31 Å². The van der Waals surface area contributed by atoms with Crippen LogP contribution in [-0.2, 0) is 19.6 Å². The van der Waals surface area contributed by atoms with E-state index in [1.165, 1.54) is 43.7 Å². The summed E-state index contributed by atoms with van der Waals surface area (Å²) in [5, 5.41) is 6.86. The number of para-hydroxylation sites is 1. The molecule has 2 N–H and O–H groups in total. The lowest BCUT2D eigenvalue weighted by Crippen LogP contribution is -2.39. The SMILES string of the molecule is COc1ccc(N(CC(=O)N/N=C\c2ccc(OCC(=O)Nc3ccccc3)cc2)S(=O)(=O)c2ccccc2)cc1Cl. The molecule has 0 fully saturated rings. The minimum atomic E-state index is -4.12. The molecule has 216 valence electrons.